The van der Waals surface area contributed by atoms with Crippen LogP contribution in [0.1, 0.15) is 36.8 Å². The predicted molar refractivity (Wildman–Crippen MR) is 144 cm³/mol. The van der Waals surface area contributed by atoms with E-state index in [9.17, 15) is 0 Å². The van der Waals surface area contributed by atoms with E-state index in [0.717, 1.165) is 59.8 Å². The molecule has 0 aliphatic rings. The largest absolute Gasteiger partial charge is 0.490 e. The van der Waals surface area contributed by atoms with Gasteiger partial charge in [0.15, 0.2) is 23.0 Å². The van der Waals surface area contributed by atoms with Gasteiger partial charge in [0.05, 0.1) is 13.2 Å². The number of unbranched alkanes of at least 4 members (excludes halogenated alkanes) is 3. The molecule has 0 saturated heterocycles. The molecule has 0 aliphatic carbocycles. The fraction of sp³-hybridized carbons (Fsp3) is 0.250. The third-order valence-corrected chi connectivity index (χ3v) is 5.73. The van der Waals surface area contributed by atoms with Crippen LogP contribution in [0.25, 0.3) is 0 Å². The maximum atomic E-state index is 6.01. The lowest BCUT2D eigenvalue weighted by molar-refractivity contribution is 0.249. The van der Waals surface area contributed by atoms with Crippen molar-refractivity contribution in [1.82, 2.24) is 0 Å². The first-order chi connectivity index (χ1) is 17.9. The van der Waals surface area contributed by atoms with Crippen LogP contribution in [0.3, 0.4) is 0 Å². The number of hydrogen-bond acceptors (Lipinski definition) is 4. The van der Waals surface area contributed by atoms with Crippen molar-refractivity contribution >= 4 is 0 Å². The Morgan fingerprint density at radius 3 is 1.06 bits per heavy atom. The zero-order valence-corrected chi connectivity index (χ0v) is 20.7. The molecule has 0 saturated carbocycles. The van der Waals surface area contributed by atoms with Gasteiger partial charge in [-0.25, -0.2) is 0 Å². The summed E-state index contributed by atoms with van der Waals surface area (Å²) in [5, 5.41) is 0. The molecule has 0 N–H and O–H groups in total. The summed E-state index contributed by atoms with van der Waals surface area (Å²) in [6.45, 7) is 2.40. The summed E-state index contributed by atoms with van der Waals surface area (Å²) in [6.07, 6.45) is 4.15. The Balaban J connectivity index is 1.11. The van der Waals surface area contributed by atoms with Gasteiger partial charge in [-0.1, -0.05) is 84.9 Å². The van der Waals surface area contributed by atoms with Crippen LogP contribution < -0.4 is 18.9 Å². The quantitative estimate of drug-likeness (QED) is 0.162. The average Bonchev–Trinajstić information content (AvgIpc) is 2.94. The van der Waals surface area contributed by atoms with Crippen molar-refractivity contribution in [2.75, 3.05) is 13.2 Å². The van der Waals surface area contributed by atoms with E-state index in [1.54, 1.807) is 0 Å². The number of hydrogen-bond donors (Lipinski definition) is 0. The van der Waals surface area contributed by atoms with Gasteiger partial charge in [0, 0.05) is 0 Å². The van der Waals surface area contributed by atoms with Crippen LogP contribution in [0.5, 0.6) is 23.0 Å². The molecule has 0 fully saturated rings. The molecular weight excluding hydrogens is 448 g/mol. The molecule has 0 spiro atoms. The summed E-state index contributed by atoms with van der Waals surface area (Å²) in [5.74, 6) is 3.15. The molecule has 4 aromatic carbocycles. The van der Waals surface area contributed by atoms with Gasteiger partial charge in [-0.05, 0) is 61.1 Å². The maximum absolute atomic E-state index is 6.01. The molecular formula is C32H34O4. The molecule has 0 aliphatic heterocycles. The third-order valence-electron chi connectivity index (χ3n) is 5.73. The second kappa shape index (κ2) is 14.5. The highest BCUT2D eigenvalue weighted by atomic mass is 16.5. The predicted octanol–water partition coefficient (Wildman–Crippen LogP) is 7.86. The Bertz CT molecular complexity index is 1050. The first-order valence-corrected chi connectivity index (χ1v) is 12.7. The second-order valence-electron chi connectivity index (χ2n) is 8.55. The third kappa shape index (κ3) is 8.38. The normalized spacial score (nSPS) is 10.6. The molecule has 4 aromatic rings. The SMILES string of the molecule is c1ccc(COc2ccccc2OCCCCCCOc2ccccc2OCc2ccccc2)cc1. The standard InChI is InChI=1S/C32H34O4/c1(13-23-33-29-19-9-11-21-31(29)35-25-27-15-5-3-6-16-27)2-14-24-34-30-20-10-12-22-32(30)36-26-28-17-7-4-8-18-28/h3-12,15-22H,1-2,13-14,23-26H2. The van der Waals surface area contributed by atoms with Crippen molar-refractivity contribution in [3.63, 3.8) is 0 Å². The first-order valence-electron chi connectivity index (χ1n) is 12.7. The van der Waals surface area contributed by atoms with Crippen LogP contribution >= 0.6 is 0 Å². The van der Waals surface area contributed by atoms with Crippen molar-refractivity contribution in [3.8, 4) is 23.0 Å². The smallest absolute Gasteiger partial charge is 0.161 e. The topological polar surface area (TPSA) is 36.9 Å². The van der Waals surface area contributed by atoms with E-state index in [1.807, 2.05) is 84.9 Å². The number of benzene rings is 4. The molecule has 186 valence electrons. The summed E-state index contributed by atoms with van der Waals surface area (Å²) in [4.78, 5) is 0. The lowest BCUT2D eigenvalue weighted by Gasteiger charge is -2.13. The van der Waals surface area contributed by atoms with E-state index < -0.39 is 0 Å². The van der Waals surface area contributed by atoms with Gasteiger partial charge in [0.2, 0.25) is 0 Å². The molecule has 0 heterocycles. The summed E-state index contributed by atoms with van der Waals surface area (Å²) in [6, 6.07) is 36.1. The monoisotopic (exact) mass is 482 g/mol. The Labute approximate surface area is 214 Å². The van der Waals surface area contributed by atoms with Crippen molar-refractivity contribution in [3.05, 3.63) is 120 Å². The van der Waals surface area contributed by atoms with Gasteiger partial charge < -0.3 is 18.9 Å². The fourth-order valence-corrected chi connectivity index (χ4v) is 3.77. The number of para-hydroxylation sites is 4. The minimum atomic E-state index is 0.529. The van der Waals surface area contributed by atoms with Gasteiger partial charge in [-0.3, -0.25) is 0 Å². The minimum absolute atomic E-state index is 0.529. The van der Waals surface area contributed by atoms with E-state index in [4.69, 9.17) is 18.9 Å². The van der Waals surface area contributed by atoms with Crippen molar-refractivity contribution in [2.24, 2.45) is 0 Å². The maximum Gasteiger partial charge on any atom is 0.161 e. The van der Waals surface area contributed by atoms with Crippen LogP contribution in [0, 0.1) is 0 Å². The molecule has 0 unspecified atom stereocenters. The van der Waals surface area contributed by atoms with Crippen molar-refractivity contribution in [2.45, 2.75) is 38.9 Å². The number of rotatable bonds is 15. The van der Waals surface area contributed by atoms with Crippen LogP contribution in [-0.4, -0.2) is 13.2 Å². The molecule has 0 amide bonds. The highest BCUT2D eigenvalue weighted by Crippen LogP contribution is 2.28. The Hall–Kier alpha value is -3.92. The van der Waals surface area contributed by atoms with Crippen LogP contribution in [0.2, 0.25) is 0 Å². The van der Waals surface area contributed by atoms with E-state index in [2.05, 4.69) is 24.3 Å². The molecule has 0 aromatic heterocycles. The molecule has 4 rings (SSSR count). The van der Waals surface area contributed by atoms with Crippen LogP contribution in [-0.2, 0) is 13.2 Å². The fourth-order valence-electron chi connectivity index (χ4n) is 3.77. The zero-order chi connectivity index (χ0) is 24.7. The summed E-state index contributed by atoms with van der Waals surface area (Å²) in [5.41, 5.74) is 2.28. The van der Waals surface area contributed by atoms with Gasteiger partial charge in [0.1, 0.15) is 13.2 Å². The van der Waals surface area contributed by atoms with Crippen molar-refractivity contribution < 1.29 is 18.9 Å². The lowest BCUT2D eigenvalue weighted by atomic mass is 10.2. The second-order valence-corrected chi connectivity index (χ2v) is 8.55. The van der Waals surface area contributed by atoms with Gasteiger partial charge in [-0.15, -0.1) is 0 Å². The minimum Gasteiger partial charge on any atom is -0.490 e. The molecule has 36 heavy (non-hydrogen) atoms. The summed E-state index contributed by atoms with van der Waals surface area (Å²) < 4.78 is 24.0. The number of ether oxygens (including phenoxy) is 4. The Morgan fingerprint density at radius 2 is 0.667 bits per heavy atom. The van der Waals surface area contributed by atoms with Gasteiger partial charge in [-0.2, -0.15) is 0 Å². The Morgan fingerprint density at radius 1 is 0.333 bits per heavy atom. The van der Waals surface area contributed by atoms with E-state index in [0.29, 0.717) is 26.4 Å². The molecule has 0 atom stereocenters. The first kappa shape index (κ1) is 25.2. The molecule has 0 bridgehead atoms. The van der Waals surface area contributed by atoms with Crippen LogP contribution in [0.4, 0.5) is 0 Å². The average molecular weight is 483 g/mol. The molecule has 4 nitrogen and oxygen atoms in total. The highest BCUT2D eigenvalue weighted by Gasteiger charge is 2.06. The summed E-state index contributed by atoms with van der Waals surface area (Å²) >= 11 is 0. The lowest BCUT2D eigenvalue weighted by Crippen LogP contribution is -2.03. The Kier molecular flexibility index (Phi) is 10.1. The highest BCUT2D eigenvalue weighted by molar-refractivity contribution is 5.40. The molecule has 0 radical (unpaired) electrons. The molecule has 4 heteroatoms. The van der Waals surface area contributed by atoms with Crippen molar-refractivity contribution in [1.29, 1.82) is 0 Å². The van der Waals surface area contributed by atoms with E-state index in [1.165, 1.54) is 0 Å². The van der Waals surface area contributed by atoms with E-state index in [-0.39, 0.29) is 0 Å². The van der Waals surface area contributed by atoms with Gasteiger partial charge >= 0.3 is 0 Å². The zero-order valence-electron chi connectivity index (χ0n) is 20.7. The summed E-state index contributed by atoms with van der Waals surface area (Å²) in [7, 11) is 0. The van der Waals surface area contributed by atoms with Gasteiger partial charge in [0.25, 0.3) is 0 Å². The van der Waals surface area contributed by atoms with Crippen LogP contribution in [0.15, 0.2) is 109 Å². The van der Waals surface area contributed by atoms with E-state index >= 15 is 0 Å².